The first-order valence-corrected chi connectivity index (χ1v) is 45.3. The summed E-state index contributed by atoms with van der Waals surface area (Å²) in [6.45, 7) is 1.22. The quantitative estimate of drug-likeness (QED) is 0.0321. The number of sulfonamides is 3. The van der Waals surface area contributed by atoms with Crippen LogP contribution in [0.5, 0.6) is 5.75 Å². The molecule has 3 atom stereocenters. The standard InChI is InChI=1S/3C18H15S.C12H16F6N3O8S3.C10H16O4S.C7H6O3/c3*1-4-10-16(11-5-1)19(17-12-6-2-7-13-17)18-14-8-3-9-15-18;1-30(23,24)19-31(25,26)11(15,16)10(13,14)12(17,18)32(27,28)21-5-3-20(4-6-21)8-2-7-29-9(8)22;1-9(2)7-3-4-10(9,8(11)5-7)6-15(12,13)14;8-6-4-2-1-3-5(6)7(9)10/h3*1-15H;8H,2-7H2,1H3;7H,3-6H2,1-2H3,(H,12,13,14);1-4,8H,(H,9,10)/q3*+1;-1;;/p-2. The van der Waals surface area contributed by atoms with Gasteiger partial charge in [0, 0.05) is 50.7 Å². The first kappa shape index (κ1) is 88.8. The number of carboxylic acid groups (broad SMARTS) is 1. The highest BCUT2D eigenvalue weighted by Crippen LogP contribution is 2.64. The number of carboxylic acids is 1. The lowest BCUT2D eigenvalue weighted by Crippen LogP contribution is -2.64. The summed E-state index contributed by atoms with van der Waals surface area (Å²) in [5, 5.41) is 5.46. The summed E-state index contributed by atoms with van der Waals surface area (Å²) in [5.41, 5.74) is -1.40. The lowest BCUT2D eigenvalue weighted by molar-refractivity contribution is -0.268. The number of carbonyl (C=O) groups is 3. The fourth-order valence-electron chi connectivity index (χ4n) is 13.2. The minimum Gasteiger partial charge on any atom is -0.872 e. The molecule has 2 aliphatic carbocycles. The third-order valence-corrected chi connectivity index (χ3v) is 31.3. The number of carbonyl (C=O) groups excluding carboxylic acids is 2. The van der Waals surface area contributed by atoms with E-state index in [9.17, 15) is 84.1 Å². The van der Waals surface area contributed by atoms with Gasteiger partial charge >= 0.3 is 28.4 Å². The topological polar surface area (TPSA) is 284 Å². The number of Topliss-reactive ketones (excluding diaryl/α,β-unsaturated/α-hetero) is 1. The lowest BCUT2D eigenvalue weighted by atomic mass is 9.70. The predicted octanol–water partition coefficient (Wildman–Crippen LogP) is 15.5. The second-order valence-corrected chi connectivity index (χ2v) is 39.7. The van der Waals surface area contributed by atoms with Crippen LogP contribution in [-0.2, 0) is 87.2 Å². The van der Waals surface area contributed by atoms with Crippen LogP contribution in [0.4, 0.5) is 26.3 Å². The molecule has 14 rings (SSSR count). The Balaban J connectivity index is 0.000000161. The molecule has 1 N–H and O–H groups in total. The van der Waals surface area contributed by atoms with E-state index in [1.807, 2.05) is 13.8 Å². The molecular formula is C83H81F6N3O15S7. The number of para-hydroxylation sites is 1. The van der Waals surface area contributed by atoms with Crippen LogP contribution >= 0.6 is 0 Å². The van der Waals surface area contributed by atoms with Crippen molar-refractivity contribution < 1.29 is 93.9 Å². The highest BCUT2D eigenvalue weighted by atomic mass is 32.3. The summed E-state index contributed by atoms with van der Waals surface area (Å²) in [5.74, 6) is -9.69. The molecule has 4 fully saturated rings. The highest BCUT2D eigenvalue weighted by Gasteiger charge is 2.81. The molecule has 602 valence electrons. The number of ether oxygens (including phenoxy) is 1. The zero-order valence-corrected chi connectivity index (χ0v) is 67.4. The fraction of sp³-hybridized carbons (Fsp3) is 0.241. The predicted molar refractivity (Wildman–Crippen MR) is 424 cm³/mol. The Bertz CT molecular complexity index is 4730. The summed E-state index contributed by atoms with van der Waals surface area (Å²) in [7, 11) is -23.4. The molecule has 0 radical (unpaired) electrons. The van der Waals surface area contributed by atoms with Crippen LogP contribution in [0.15, 0.2) is 341 Å². The van der Waals surface area contributed by atoms with Gasteiger partial charge in [-0.1, -0.05) is 202 Å². The number of piperazine rings is 1. The number of nitrogens with zero attached hydrogens (tertiary/aromatic N) is 3. The van der Waals surface area contributed by atoms with Crippen molar-refractivity contribution in [3.8, 4) is 5.75 Å². The average molecular weight is 1700 g/mol. The number of halogens is 6. The number of alkyl halides is 6. The Morgan fingerprint density at radius 2 is 0.798 bits per heavy atom. The van der Waals surface area contributed by atoms with Gasteiger partial charge in [-0.25, -0.2) is 38.5 Å². The van der Waals surface area contributed by atoms with Crippen LogP contribution < -0.4 is 5.11 Å². The number of rotatable bonds is 20. The van der Waals surface area contributed by atoms with Crippen LogP contribution in [0.3, 0.4) is 0 Å². The zero-order valence-electron chi connectivity index (χ0n) is 61.6. The van der Waals surface area contributed by atoms with E-state index in [1.165, 1.54) is 77.4 Å². The molecule has 3 unspecified atom stereocenters. The molecule has 0 amide bonds. The monoisotopic (exact) mass is 1700 g/mol. The van der Waals surface area contributed by atoms with Crippen molar-refractivity contribution in [1.29, 1.82) is 0 Å². The van der Waals surface area contributed by atoms with E-state index < -0.39 is 118 Å². The minimum atomic E-state index is -7.14. The number of esters is 1. The van der Waals surface area contributed by atoms with Gasteiger partial charge in [-0.3, -0.25) is 14.5 Å². The maximum atomic E-state index is 14.3. The molecule has 10 aromatic rings. The van der Waals surface area contributed by atoms with E-state index in [1.54, 1.807) is 0 Å². The molecule has 114 heavy (non-hydrogen) atoms. The minimum absolute atomic E-state index is 0.0146. The molecule has 0 spiro atoms. The van der Waals surface area contributed by atoms with Crippen LogP contribution in [0.25, 0.3) is 4.13 Å². The molecule has 4 aliphatic rings. The number of cyclic esters (lactones) is 1. The normalized spacial score (nSPS) is 17.7. The Morgan fingerprint density at radius 3 is 1.04 bits per heavy atom. The highest BCUT2D eigenvalue weighted by molar-refractivity contribution is 8.12. The van der Waals surface area contributed by atoms with E-state index in [-0.39, 0.29) is 79.0 Å². The first-order chi connectivity index (χ1) is 53.9. The van der Waals surface area contributed by atoms with Gasteiger partial charge in [0.05, 0.1) is 70.7 Å². The smallest absolute Gasteiger partial charge is 0.428 e. The van der Waals surface area contributed by atoms with Crippen LogP contribution in [0.2, 0.25) is 0 Å². The van der Waals surface area contributed by atoms with Crippen molar-refractivity contribution in [3.05, 3.63) is 307 Å². The Labute approximate surface area is 669 Å². The second-order valence-electron chi connectivity index (χ2n) is 26.7. The molecule has 2 heterocycles. The summed E-state index contributed by atoms with van der Waals surface area (Å²) < 4.78 is 192. The Kier molecular flexibility index (Phi) is 30.0. The molecule has 2 saturated carbocycles. The van der Waals surface area contributed by atoms with Crippen molar-refractivity contribution in [1.82, 2.24) is 9.21 Å². The SMILES string of the molecule is CC1(C)C2CCC1(CS(=O)(=O)[O-])C(=O)C2.CS(=O)(=O)[N-]S(=O)(=O)C(F)(F)C(F)(F)C(F)(F)S(=O)(=O)N1CCN(C2CCOC2=O)CC1.O=C(O)c1ccccc1[O-].c1ccc([S+](c2ccccc2)c2ccccc2)cc1.c1ccc([S+](c2ccccc2)c2ccccc2)cc1.c1ccc([S+](c2ccccc2)c2ccccc2)cc1. The van der Waals surface area contributed by atoms with E-state index >= 15 is 0 Å². The summed E-state index contributed by atoms with van der Waals surface area (Å²) in [4.78, 5) is 47.2. The number of ketones is 1. The molecule has 2 aliphatic heterocycles. The van der Waals surface area contributed by atoms with E-state index in [0.29, 0.717) is 12.8 Å². The largest absolute Gasteiger partial charge is 0.872 e. The number of hydrogen-bond donors (Lipinski definition) is 1. The van der Waals surface area contributed by atoms with Crippen molar-refractivity contribution >= 4 is 90.6 Å². The van der Waals surface area contributed by atoms with Crippen LogP contribution in [0, 0.1) is 16.7 Å². The zero-order chi connectivity index (χ0) is 82.8. The number of benzene rings is 10. The molecule has 2 bridgehead atoms. The summed E-state index contributed by atoms with van der Waals surface area (Å²) in [6, 6.07) is 101. The Hall–Kier alpha value is -9.12. The molecule has 10 aromatic carbocycles. The van der Waals surface area contributed by atoms with Gasteiger partial charge in [0.2, 0.25) is 0 Å². The molecule has 18 nitrogen and oxygen atoms in total. The van der Waals surface area contributed by atoms with Gasteiger partial charge < -0.3 is 23.6 Å². The molecule has 31 heteroatoms. The number of fused-ring (bicyclic) bond motifs is 2. The summed E-state index contributed by atoms with van der Waals surface area (Å²) in [6.07, 6.45) is 1.99. The lowest BCUT2D eigenvalue weighted by Gasteiger charge is -2.40. The third kappa shape index (κ3) is 21.5. The molecular weight excluding hydrogens is 1620 g/mol. The maximum absolute atomic E-state index is 14.3. The van der Waals surface area contributed by atoms with Crippen LogP contribution in [0.1, 0.15) is 49.9 Å². The second kappa shape index (κ2) is 38.6. The fourth-order valence-corrected chi connectivity index (χ4v) is 24.6. The molecule has 0 aromatic heterocycles. The van der Waals surface area contributed by atoms with Gasteiger partial charge in [0.15, 0.2) is 54.1 Å². The van der Waals surface area contributed by atoms with Gasteiger partial charge in [-0.15, -0.1) is 0 Å². The van der Waals surface area contributed by atoms with E-state index in [4.69, 9.17) is 9.84 Å². The van der Waals surface area contributed by atoms with Crippen LogP contribution in [-0.4, -0.2) is 138 Å². The van der Waals surface area contributed by atoms with Gasteiger partial charge in [0.25, 0.3) is 10.0 Å². The van der Waals surface area contributed by atoms with Gasteiger partial charge in [-0.2, -0.15) is 30.6 Å². The van der Waals surface area contributed by atoms with Crippen molar-refractivity contribution in [2.75, 3.05) is 44.8 Å². The average Bonchev–Trinajstić information content (AvgIpc) is 1.46. The summed E-state index contributed by atoms with van der Waals surface area (Å²) >= 11 is 0. The Morgan fingerprint density at radius 1 is 0.491 bits per heavy atom. The van der Waals surface area contributed by atoms with Crippen molar-refractivity contribution in [3.63, 3.8) is 0 Å². The number of hydrogen-bond acceptors (Lipinski definition) is 15. The number of aromatic carboxylic acids is 1. The third-order valence-electron chi connectivity index (χ3n) is 19.1. The van der Waals surface area contributed by atoms with Crippen molar-refractivity contribution in [2.45, 2.75) is 106 Å². The van der Waals surface area contributed by atoms with E-state index in [0.717, 1.165) is 6.42 Å². The first-order valence-electron chi connectivity index (χ1n) is 35.3. The maximum Gasteiger partial charge on any atom is 0.428 e. The van der Waals surface area contributed by atoms with Gasteiger partial charge in [-0.05, 0) is 139 Å². The molecule has 2 saturated heterocycles. The van der Waals surface area contributed by atoms with Gasteiger partial charge in [0.1, 0.15) is 11.8 Å². The van der Waals surface area contributed by atoms with Crippen molar-refractivity contribution in [2.24, 2.45) is 16.7 Å². The van der Waals surface area contributed by atoms with E-state index in [2.05, 4.69) is 273 Å².